The molecule has 0 amide bonds. The molecule has 88 heavy (non-hydrogen) atoms. The van der Waals surface area contributed by atoms with Gasteiger partial charge in [-0.3, -0.25) is 0 Å². The number of para-hydroxylation sites is 1. The first-order valence-corrected chi connectivity index (χ1v) is 34.6. The Bertz CT molecular complexity index is 4280. The molecular weight excluding hydrogens is 1070 g/mol. The smallest absolute Gasteiger partial charge is 0.297 e. The second-order valence-corrected chi connectivity index (χ2v) is 36.2. The van der Waals surface area contributed by atoms with Crippen LogP contribution in [-0.2, 0) is 54.1 Å². The molecular formula is C83H100BN3O. The zero-order valence-corrected chi connectivity index (χ0v) is 57.6. The average molecular weight is 1170 g/mol. The quantitative estimate of drug-likeness (QED) is 0.165. The lowest BCUT2D eigenvalue weighted by atomic mass is 9.34. The van der Waals surface area contributed by atoms with Crippen LogP contribution < -0.4 is 25.8 Å². The molecule has 6 aromatic carbocycles. The minimum atomic E-state index is -0.391. The fourth-order valence-corrected chi connectivity index (χ4v) is 20.3. The zero-order valence-electron chi connectivity index (χ0n) is 57.6. The molecule has 4 nitrogen and oxygen atoms in total. The Morgan fingerprint density at radius 3 is 1.39 bits per heavy atom. The van der Waals surface area contributed by atoms with Crippen molar-refractivity contribution in [3.8, 4) is 0 Å². The molecule has 16 rings (SSSR count). The number of fused-ring (bicyclic) bond motifs is 14. The van der Waals surface area contributed by atoms with Crippen LogP contribution in [0.4, 0.5) is 39.8 Å². The fraction of sp³-hybridized carbons (Fsp3) is 0.518. The average Bonchev–Trinajstić information content (AvgIpc) is 1.45. The van der Waals surface area contributed by atoms with Gasteiger partial charge in [-0.2, -0.15) is 0 Å². The van der Waals surface area contributed by atoms with E-state index in [0.29, 0.717) is 0 Å². The van der Waals surface area contributed by atoms with E-state index in [9.17, 15) is 0 Å². The van der Waals surface area contributed by atoms with Gasteiger partial charge in [0, 0.05) is 56.0 Å². The minimum absolute atomic E-state index is 0.00137. The minimum Gasteiger partial charge on any atom is -0.468 e. The number of anilines is 7. The van der Waals surface area contributed by atoms with E-state index in [1.54, 1.807) is 0 Å². The van der Waals surface area contributed by atoms with Crippen LogP contribution in [-0.4, -0.2) is 12.3 Å². The van der Waals surface area contributed by atoms with Gasteiger partial charge in [-0.1, -0.05) is 187 Å². The maximum absolute atomic E-state index is 8.12. The largest absolute Gasteiger partial charge is 0.468 e. The van der Waals surface area contributed by atoms with Gasteiger partial charge < -0.3 is 19.1 Å². The third kappa shape index (κ3) is 7.34. The van der Waals surface area contributed by atoms with Crippen LogP contribution in [0.1, 0.15) is 277 Å². The number of furan rings is 1. The molecule has 7 aromatic rings. The zero-order chi connectivity index (χ0) is 62.2. The monoisotopic (exact) mass is 1170 g/mol. The van der Waals surface area contributed by atoms with Gasteiger partial charge in [-0.05, 0) is 241 Å². The summed E-state index contributed by atoms with van der Waals surface area (Å²) in [5.41, 5.74) is 31.2. The Morgan fingerprint density at radius 2 is 0.830 bits per heavy atom. The Balaban J connectivity index is 1.09. The lowest BCUT2D eigenvalue weighted by Crippen LogP contribution is -2.56. The van der Waals surface area contributed by atoms with Crippen LogP contribution in [0.5, 0.6) is 0 Å². The van der Waals surface area contributed by atoms with Crippen molar-refractivity contribution in [1.82, 2.24) is 0 Å². The first-order chi connectivity index (χ1) is 41.0. The van der Waals surface area contributed by atoms with Gasteiger partial charge >= 0.3 is 0 Å². The summed E-state index contributed by atoms with van der Waals surface area (Å²) in [7, 11) is 0. The van der Waals surface area contributed by atoms with Crippen LogP contribution in [0.15, 0.2) is 107 Å². The second kappa shape index (κ2) is 17.4. The molecule has 5 heteroatoms. The highest BCUT2D eigenvalue weighted by molar-refractivity contribution is 7.03. The van der Waals surface area contributed by atoms with Gasteiger partial charge in [0.1, 0.15) is 5.58 Å². The van der Waals surface area contributed by atoms with E-state index >= 15 is 0 Å². The molecule has 9 aliphatic rings. The van der Waals surface area contributed by atoms with Crippen LogP contribution in [0.3, 0.4) is 0 Å². The van der Waals surface area contributed by atoms with E-state index in [-0.39, 0.29) is 61.0 Å². The van der Waals surface area contributed by atoms with Gasteiger partial charge in [-0.25, -0.2) is 0 Å². The Morgan fingerprint density at radius 1 is 0.375 bits per heavy atom. The molecule has 3 aliphatic heterocycles. The number of hydrogen-bond acceptors (Lipinski definition) is 4. The van der Waals surface area contributed by atoms with Crippen molar-refractivity contribution in [3.05, 3.63) is 164 Å². The molecule has 1 aromatic heterocycles. The van der Waals surface area contributed by atoms with Crippen molar-refractivity contribution >= 4 is 74.1 Å². The summed E-state index contributed by atoms with van der Waals surface area (Å²) in [6.45, 7) is 50.3. The summed E-state index contributed by atoms with van der Waals surface area (Å²) in [6, 6.07) is 41.1. The standard InChI is InChI=1S/C83H100BN3O/c1-73(2)33-35-75(5,6)58-41-49(27-29-54(58)73)85-65-43-51(87-64-26-22-21-25-56(64)82(19)31-23-24-32-83(82,87)20)44-66-69(65)84(72-70(85)53-46-61-63(48-67(53)88-72)80(15,16)40-38-78(61,11)12)68-52-45-60-62(79(13,14)39-37-77(60,9)10)47-57(52)81(17,18)71(68)86(66)50-28-30-55-59(42-50)76(7,8)36-34-74(55,3)4/h21-22,25-30,41-48H,23-24,31-40H2,1-20H3. The molecule has 0 bridgehead atoms. The highest BCUT2D eigenvalue weighted by Gasteiger charge is 2.60. The molecule has 2 unspecified atom stereocenters. The maximum Gasteiger partial charge on any atom is 0.297 e. The summed E-state index contributed by atoms with van der Waals surface area (Å²) in [5, 5.41) is 1.24. The van der Waals surface area contributed by atoms with Crippen LogP contribution in [0.2, 0.25) is 0 Å². The maximum atomic E-state index is 8.12. The molecule has 0 radical (unpaired) electrons. The van der Waals surface area contributed by atoms with Crippen molar-refractivity contribution in [2.45, 2.75) is 275 Å². The van der Waals surface area contributed by atoms with Crippen LogP contribution in [0, 0.1) is 0 Å². The Labute approximate surface area is 529 Å². The van der Waals surface area contributed by atoms with Crippen molar-refractivity contribution < 1.29 is 4.42 Å². The van der Waals surface area contributed by atoms with Gasteiger partial charge in [0.05, 0.1) is 16.9 Å². The van der Waals surface area contributed by atoms with Crippen molar-refractivity contribution in [1.29, 1.82) is 0 Å². The van der Waals surface area contributed by atoms with Crippen LogP contribution in [0.25, 0.3) is 16.4 Å². The number of hydrogen-bond donors (Lipinski definition) is 0. The van der Waals surface area contributed by atoms with E-state index in [1.165, 1.54) is 168 Å². The molecule has 6 aliphatic carbocycles. The molecule has 0 spiro atoms. The molecule has 4 heterocycles. The number of nitrogens with zero attached hydrogens (tertiary/aromatic N) is 3. The third-order valence-electron chi connectivity index (χ3n) is 26.8. The first-order valence-electron chi connectivity index (χ1n) is 34.6. The summed E-state index contributed by atoms with van der Waals surface area (Å²) < 4.78 is 8.12. The number of benzene rings is 6. The lowest BCUT2D eigenvalue weighted by Gasteiger charge is -2.51. The van der Waals surface area contributed by atoms with E-state index in [4.69, 9.17) is 4.42 Å². The summed E-state index contributed by atoms with van der Waals surface area (Å²) in [4.78, 5) is 8.51. The predicted octanol–water partition coefficient (Wildman–Crippen LogP) is 21.4. The molecule has 1 saturated carbocycles. The summed E-state index contributed by atoms with van der Waals surface area (Å²) in [6.07, 6.45) is 14.1. The Hall–Kier alpha value is -5.94. The number of allylic oxidation sites excluding steroid dienone is 1. The topological polar surface area (TPSA) is 22.9 Å². The normalized spacial score (nSPS) is 26.6. The first kappa shape index (κ1) is 57.2. The highest BCUT2D eigenvalue weighted by atomic mass is 16.3. The van der Waals surface area contributed by atoms with Crippen molar-refractivity contribution in [3.63, 3.8) is 0 Å². The fourth-order valence-electron chi connectivity index (χ4n) is 20.3. The molecule has 0 saturated heterocycles. The molecule has 456 valence electrons. The van der Waals surface area contributed by atoms with Crippen molar-refractivity contribution in [2.24, 2.45) is 0 Å². The molecule has 2 atom stereocenters. The van der Waals surface area contributed by atoms with Gasteiger partial charge in [0.2, 0.25) is 0 Å². The van der Waals surface area contributed by atoms with Gasteiger partial charge in [-0.15, -0.1) is 0 Å². The highest BCUT2D eigenvalue weighted by Crippen LogP contribution is 2.65. The summed E-state index contributed by atoms with van der Waals surface area (Å²) in [5.74, 6) is 0. The van der Waals surface area contributed by atoms with E-state index in [1.807, 2.05) is 0 Å². The van der Waals surface area contributed by atoms with E-state index in [2.05, 4.69) is 250 Å². The third-order valence-corrected chi connectivity index (χ3v) is 26.8. The molecule has 0 N–H and O–H groups in total. The molecule has 1 fully saturated rings. The van der Waals surface area contributed by atoms with E-state index in [0.717, 1.165) is 43.3 Å². The summed E-state index contributed by atoms with van der Waals surface area (Å²) >= 11 is 0. The van der Waals surface area contributed by atoms with Gasteiger partial charge in [0.15, 0.2) is 0 Å². The van der Waals surface area contributed by atoms with E-state index < -0.39 is 5.41 Å². The lowest BCUT2D eigenvalue weighted by molar-refractivity contribution is 0.195. The number of rotatable bonds is 3. The SMILES string of the molecule is CC1(C)CCC(C)(C)c2cc(N3C4=C(B5c6oc7cc8c(cc7c6N(c6ccc7c(c6)C(C)(C)CCC7(C)C)c6cc(N7c9ccccc9C9(C)CCCCC79C)cc3c65)C(C)(C)CCC8(C)C)c3cc5c(cc3C4(C)C)C(C)(C)CCC5(C)C)ccc21. The van der Waals surface area contributed by atoms with Crippen LogP contribution >= 0.6 is 0 Å². The Kier molecular flexibility index (Phi) is 11.3. The van der Waals surface area contributed by atoms with Gasteiger partial charge in [0.25, 0.3) is 6.71 Å². The van der Waals surface area contributed by atoms with Crippen molar-refractivity contribution in [2.75, 3.05) is 14.7 Å². The predicted molar refractivity (Wildman–Crippen MR) is 375 cm³/mol. The second-order valence-electron chi connectivity index (χ2n) is 36.2.